The van der Waals surface area contributed by atoms with Crippen LogP contribution in [0, 0.1) is 17.5 Å². The lowest BCUT2D eigenvalue weighted by molar-refractivity contribution is 0.203. The van der Waals surface area contributed by atoms with Gasteiger partial charge in [0.05, 0.1) is 54.2 Å². The highest BCUT2D eigenvalue weighted by atomic mass is 35.5. The van der Waals surface area contributed by atoms with E-state index in [0.717, 1.165) is 14.7 Å². The largest absolute Gasteiger partial charge is 0.394 e. The van der Waals surface area contributed by atoms with Gasteiger partial charge in [-0.2, -0.15) is 4.98 Å². The Hall–Kier alpha value is -3.72. The number of hydrogen-bond donors (Lipinski definition) is 3. The van der Waals surface area contributed by atoms with Crippen molar-refractivity contribution in [1.29, 1.82) is 0 Å². The molecule has 0 bridgehead atoms. The monoisotopic (exact) mass is 565 g/mol. The topological polar surface area (TPSA) is 117 Å². The smallest absolute Gasteiger partial charge is 0.355 e. The van der Waals surface area contributed by atoms with Crippen LogP contribution < -0.4 is 22.1 Å². The second kappa shape index (κ2) is 10.6. The van der Waals surface area contributed by atoms with Gasteiger partial charge in [-0.25, -0.2) is 37.7 Å². The molecule has 3 aromatic rings. The average Bonchev–Trinajstić information content (AvgIpc) is 3.52. The van der Waals surface area contributed by atoms with Crippen molar-refractivity contribution in [2.75, 3.05) is 18.5 Å². The molecule has 0 saturated heterocycles. The molecule has 0 saturated carbocycles. The number of anilines is 1. The first-order valence-corrected chi connectivity index (χ1v) is 12.5. The lowest BCUT2D eigenvalue weighted by Crippen LogP contribution is -2.43. The summed E-state index contributed by atoms with van der Waals surface area (Å²) in [5.74, 6) is -4.04. The first-order chi connectivity index (χ1) is 18.2. The third kappa shape index (κ3) is 5.15. The predicted molar refractivity (Wildman–Crippen MR) is 134 cm³/mol. The summed E-state index contributed by atoms with van der Waals surface area (Å²) < 4.78 is 43.7. The van der Waals surface area contributed by atoms with E-state index in [1.54, 1.807) is 28.7 Å². The van der Waals surface area contributed by atoms with Gasteiger partial charge in [-0.1, -0.05) is 11.6 Å². The highest BCUT2D eigenvalue weighted by molar-refractivity contribution is 7.07. The molecule has 2 aromatic heterocycles. The van der Waals surface area contributed by atoms with Crippen LogP contribution in [0.1, 0.15) is 11.3 Å². The Kier molecular flexibility index (Phi) is 7.21. The SMILES string of the molecule is O=c1nc(NC2=CC3=CN(CCO)NC3C=C2Cl)n(Cc2cc(F)c(F)cc2F)c(=O)n1Cc1cscn1. The molecular formula is C23H19ClF3N7O3S. The van der Waals surface area contributed by atoms with Gasteiger partial charge in [0.1, 0.15) is 5.82 Å². The van der Waals surface area contributed by atoms with Crippen LogP contribution in [0.3, 0.4) is 0 Å². The normalized spacial score (nSPS) is 16.7. The van der Waals surface area contributed by atoms with Gasteiger partial charge in [0, 0.05) is 23.2 Å². The zero-order valence-corrected chi connectivity index (χ0v) is 20.9. The molecule has 38 heavy (non-hydrogen) atoms. The molecule has 1 atom stereocenters. The molecule has 1 aliphatic heterocycles. The molecule has 1 unspecified atom stereocenters. The van der Waals surface area contributed by atoms with Crippen molar-refractivity contribution >= 4 is 28.9 Å². The van der Waals surface area contributed by atoms with E-state index in [1.807, 2.05) is 0 Å². The Morgan fingerprint density at radius 1 is 1.13 bits per heavy atom. The molecule has 2 aliphatic rings. The number of hydrogen-bond acceptors (Lipinski definition) is 9. The second-order valence-corrected chi connectivity index (χ2v) is 9.49. The van der Waals surface area contributed by atoms with Gasteiger partial charge in [-0.05, 0) is 23.8 Å². The van der Waals surface area contributed by atoms with Crippen LogP contribution in [0.15, 0.2) is 67.3 Å². The van der Waals surface area contributed by atoms with Crippen molar-refractivity contribution in [1.82, 2.24) is 29.5 Å². The highest BCUT2D eigenvalue weighted by Crippen LogP contribution is 2.29. The number of benzene rings is 1. The molecule has 3 N–H and O–H groups in total. The van der Waals surface area contributed by atoms with Gasteiger partial charge in [0.2, 0.25) is 5.95 Å². The third-order valence-electron chi connectivity index (χ3n) is 5.81. The number of halogens is 4. The van der Waals surface area contributed by atoms with Gasteiger partial charge in [0.25, 0.3) is 0 Å². The maximum atomic E-state index is 14.5. The summed E-state index contributed by atoms with van der Waals surface area (Å²) in [6.07, 6.45) is 5.09. The minimum atomic E-state index is -1.38. The Morgan fingerprint density at radius 3 is 2.66 bits per heavy atom. The van der Waals surface area contributed by atoms with Gasteiger partial charge in [0.15, 0.2) is 11.6 Å². The zero-order valence-electron chi connectivity index (χ0n) is 19.4. The molecule has 0 fully saturated rings. The molecule has 10 nitrogen and oxygen atoms in total. The van der Waals surface area contributed by atoms with Crippen molar-refractivity contribution in [3.63, 3.8) is 0 Å². The first kappa shape index (κ1) is 25.9. The summed E-state index contributed by atoms with van der Waals surface area (Å²) in [5, 5.41) is 15.6. The lowest BCUT2D eigenvalue weighted by Gasteiger charge is -2.22. The number of nitrogens with one attached hydrogen (secondary N) is 2. The summed E-state index contributed by atoms with van der Waals surface area (Å²) in [6.45, 7) is -0.511. The summed E-state index contributed by atoms with van der Waals surface area (Å²) in [7, 11) is 0. The molecule has 0 radical (unpaired) electrons. The summed E-state index contributed by atoms with van der Waals surface area (Å²) in [4.78, 5) is 34.3. The van der Waals surface area contributed by atoms with Crippen LogP contribution in [0.25, 0.3) is 0 Å². The van der Waals surface area contributed by atoms with Gasteiger partial charge in [-0.3, -0.25) is 4.57 Å². The standard InChI is InChI=1S/C23H19ClF3N7O3S/c24-15-5-19-13(7-32(31-19)1-2-35)4-20(15)29-21-30-22(36)34(9-14-10-38-11-28-14)23(37)33(21)8-12-3-17(26)18(27)6-16(12)25/h3-7,10-11,19,31,35H,1-2,8-9H2,(H,29,30,36). The molecule has 0 spiro atoms. The second-order valence-electron chi connectivity index (χ2n) is 8.36. The molecule has 1 aliphatic carbocycles. The van der Waals surface area contributed by atoms with E-state index in [9.17, 15) is 27.9 Å². The molecular weight excluding hydrogens is 547 g/mol. The fourth-order valence-electron chi connectivity index (χ4n) is 3.97. The number of aliphatic hydroxyl groups excluding tert-OH is 1. The molecule has 198 valence electrons. The highest BCUT2D eigenvalue weighted by Gasteiger charge is 2.27. The Morgan fingerprint density at radius 2 is 1.92 bits per heavy atom. The van der Waals surface area contributed by atoms with Crippen LogP contribution >= 0.6 is 22.9 Å². The van der Waals surface area contributed by atoms with Gasteiger partial charge in [-0.15, -0.1) is 11.3 Å². The molecule has 15 heteroatoms. The number of fused-ring (bicyclic) bond motifs is 1. The van der Waals surface area contributed by atoms with Gasteiger partial charge < -0.3 is 15.4 Å². The number of rotatable bonds is 8. The van der Waals surface area contributed by atoms with Crippen molar-refractivity contribution < 1.29 is 18.3 Å². The van der Waals surface area contributed by atoms with E-state index in [4.69, 9.17) is 11.6 Å². The van der Waals surface area contributed by atoms with Crippen molar-refractivity contribution in [2.45, 2.75) is 19.1 Å². The minimum absolute atomic E-state index is 0.0797. The van der Waals surface area contributed by atoms with E-state index in [-0.39, 0.29) is 41.4 Å². The fraction of sp³-hybridized carbons (Fsp3) is 0.217. The first-order valence-electron chi connectivity index (χ1n) is 11.2. The van der Waals surface area contributed by atoms with Gasteiger partial charge >= 0.3 is 11.4 Å². The number of aromatic nitrogens is 4. The number of aliphatic hydroxyl groups is 1. The number of nitrogens with zero attached hydrogens (tertiary/aromatic N) is 5. The maximum Gasteiger partial charge on any atom is 0.355 e. The minimum Gasteiger partial charge on any atom is -0.394 e. The molecule has 3 heterocycles. The number of hydrazine groups is 1. The van der Waals surface area contributed by atoms with E-state index in [0.29, 0.717) is 24.4 Å². The Bertz CT molecular complexity index is 1600. The van der Waals surface area contributed by atoms with E-state index < -0.39 is 35.4 Å². The number of β-amino-alcohol motifs (C(OH)–C–C–N with tert-alkyl or cyclic N) is 1. The number of allylic oxidation sites excluding steroid dienone is 1. The Balaban J connectivity index is 1.57. The lowest BCUT2D eigenvalue weighted by atomic mass is 10.0. The van der Waals surface area contributed by atoms with E-state index >= 15 is 0 Å². The van der Waals surface area contributed by atoms with Crippen LogP contribution in [0.2, 0.25) is 0 Å². The summed E-state index contributed by atoms with van der Waals surface area (Å²) in [6, 6.07) is 0.749. The van der Waals surface area contributed by atoms with Crippen molar-refractivity contribution in [2.24, 2.45) is 0 Å². The molecule has 1 aromatic carbocycles. The van der Waals surface area contributed by atoms with Crippen LogP contribution in [0.5, 0.6) is 0 Å². The average molecular weight is 566 g/mol. The number of thiazole rings is 1. The van der Waals surface area contributed by atoms with E-state index in [2.05, 4.69) is 20.7 Å². The maximum absolute atomic E-state index is 14.5. The third-order valence-corrected chi connectivity index (χ3v) is 6.77. The van der Waals surface area contributed by atoms with E-state index in [1.165, 1.54) is 16.8 Å². The predicted octanol–water partition coefficient (Wildman–Crippen LogP) is 1.87. The summed E-state index contributed by atoms with van der Waals surface area (Å²) >= 11 is 7.71. The molecule has 5 rings (SSSR count). The summed E-state index contributed by atoms with van der Waals surface area (Å²) in [5.41, 5.74) is 4.02. The zero-order chi connectivity index (χ0) is 27.0. The molecule has 0 amide bonds. The Labute approximate surface area is 221 Å². The van der Waals surface area contributed by atoms with Crippen molar-refractivity contribution in [3.8, 4) is 0 Å². The van der Waals surface area contributed by atoms with Crippen LogP contribution in [0.4, 0.5) is 19.1 Å². The van der Waals surface area contributed by atoms with Crippen molar-refractivity contribution in [3.05, 3.63) is 107 Å². The fourth-order valence-corrected chi connectivity index (χ4v) is 4.75. The quantitative estimate of drug-likeness (QED) is 0.355. The van der Waals surface area contributed by atoms with Crippen LogP contribution in [-0.2, 0) is 13.1 Å². The van der Waals surface area contributed by atoms with Crippen LogP contribution in [-0.4, -0.2) is 48.4 Å².